The summed E-state index contributed by atoms with van der Waals surface area (Å²) in [5, 5.41) is 3.50. The molecule has 0 amide bonds. The Morgan fingerprint density at radius 1 is 0.938 bits per heavy atom. The Bertz CT molecular complexity index is 325. The molecule has 0 atom stereocenters. The summed E-state index contributed by atoms with van der Waals surface area (Å²) in [6, 6.07) is 2.73. The first-order chi connectivity index (χ1) is 7.33. The minimum atomic E-state index is -1.28. The van der Waals surface area contributed by atoms with Crippen molar-refractivity contribution in [2.45, 2.75) is 38.8 Å². The van der Waals surface area contributed by atoms with E-state index >= 15 is 0 Å². The van der Waals surface area contributed by atoms with E-state index in [1.54, 1.807) is 10.4 Å². The van der Waals surface area contributed by atoms with Crippen molar-refractivity contribution >= 4 is 26.9 Å². The van der Waals surface area contributed by atoms with Crippen LogP contribution in [0.4, 0.5) is 0 Å². The van der Waals surface area contributed by atoms with Crippen LogP contribution in [0.15, 0.2) is 46.8 Å². The van der Waals surface area contributed by atoms with E-state index in [9.17, 15) is 0 Å². The normalized spacial score (nSPS) is 18.4. The number of hydrogen-bond acceptors (Lipinski definition) is 0. The Labute approximate surface area is 112 Å². The molecular weight excluding hydrogens is 203 g/mol. The topological polar surface area (TPSA) is 0 Å². The average molecular weight is 224 g/mol. The van der Waals surface area contributed by atoms with E-state index in [1.807, 2.05) is 0 Å². The molecule has 0 aliphatic heterocycles. The van der Waals surface area contributed by atoms with Gasteiger partial charge in [-0.1, -0.05) is 72.8 Å². The molecule has 0 spiro atoms. The first-order valence-corrected chi connectivity index (χ1v) is 8.47. The molecule has 0 fully saturated rings. The Morgan fingerprint density at radius 3 is 1.62 bits per heavy atom. The summed E-state index contributed by atoms with van der Waals surface area (Å²) >= 11 is 0. The van der Waals surface area contributed by atoms with Crippen molar-refractivity contribution in [3.63, 3.8) is 0 Å². The fourth-order valence-corrected chi connectivity index (χ4v) is 7.55. The van der Waals surface area contributed by atoms with Crippen molar-refractivity contribution < 1.29 is 0 Å². The van der Waals surface area contributed by atoms with Gasteiger partial charge >= 0.3 is 18.9 Å². The van der Waals surface area contributed by atoms with Crippen molar-refractivity contribution in [2.24, 2.45) is 0 Å². The van der Waals surface area contributed by atoms with Crippen molar-refractivity contribution in [2.75, 3.05) is 0 Å². The van der Waals surface area contributed by atoms with Gasteiger partial charge in [0, 0.05) is 0 Å². The van der Waals surface area contributed by atoms with Crippen LogP contribution in [0.3, 0.4) is 0 Å². The molecule has 0 heterocycles. The van der Waals surface area contributed by atoms with Crippen molar-refractivity contribution in [3.05, 3.63) is 46.8 Å². The van der Waals surface area contributed by atoms with Gasteiger partial charge in [0.15, 0.2) is 0 Å². The van der Waals surface area contributed by atoms with E-state index in [0.29, 0.717) is 0 Å². The SMILES string of the molecule is CC[Si](CC)(C1=CC=CC1)C1=CC=CC1.[LiH]. The molecule has 2 heteroatoms. The molecule has 0 nitrogen and oxygen atoms in total. The molecule has 2 aliphatic rings. The Balaban J connectivity index is 0.00000128. The van der Waals surface area contributed by atoms with Gasteiger partial charge in [-0.15, -0.1) is 0 Å². The van der Waals surface area contributed by atoms with Crippen LogP contribution in [0, 0.1) is 0 Å². The molecule has 0 N–H and O–H groups in total. The van der Waals surface area contributed by atoms with E-state index in [4.69, 9.17) is 0 Å². The standard InChI is InChI=1S/C14H20Si.Li.H/c1-3-15(4-2,13-9-5-6-10-13)14-11-7-8-12-14;;/h5-9,11H,3-4,10,12H2,1-2H3;;. The van der Waals surface area contributed by atoms with Crippen LogP contribution in [0.2, 0.25) is 12.1 Å². The van der Waals surface area contributed by atoms with Crippen LogP contribution in [-0.4, -0.2) is 26.9 Å². The number of allylic oxidation sites excluding steroid dienone is 8. The predicted molar refractivity (Wildman–Crippen MR) is 77.5 cm³/mol. The van der Waals surface area contributed by atoms with Gasteiger partial charge in [0.25, 0.3) is 0 Å². The van der Waals surface area contributed by atoms with Crippen LogP contribution in [0.5, 0.6) is 0 Å². The fourth-order valence-electron chi connectivity index (χ4n) is 2.97. The quantitative estimate of drug-likeness (QED) is 0.639. The Hall–Kier alpha value is -0.226. The first kappa shape index (κ1) is 13.8. The second-order valence-corrected chi connectivity index (χ2v) is 9.30. The minimum absolute atomic E-state index is 0. The Kier molecular flexibility index (Phi) is 5.11. The van der Waals surface area contributed by atoms with Crippen molar-refractivity contribution in [3.8, 4) is 0 Å². The maximum atomic E-state index is 2.39. The maximum absolute atomic E-state index is 2.39. The zero-order valence-corrected chi connectivity index (χ0v) is 10.8. The monoisotopic (exact) mass is 224 g/mol. The van der Waals surface area contributed by atoms with Crippen LogP contribution in [0.25, 0.3) is 0 Å². The predicted octanol–water partition coefficient (Wildman–Crippen LogP) is 3.68. The summed E-state index contributed by atoms with van der Waals surface area (Å²) in [5.74, 6) is 0. The molecule has 0 aromatic carbocycles. The van der Waals surface area contributed by atoms with Gasteiger partial charge in [0.05, 0.1) is 0 Å². The van der Waals surface area contributed by atoms with Gasteiger partial charge in [-0.25, -0.2) is 0 Å². The molecule has 0 bridgehead atoms. The summed E-state index contributed by atoms with van der Waals surface area (Å²) in [4.78, 5) is 0. The zero-order chi connectivity index (χ0) is 10.7. The van der Waals surface area contributed by atoms with Gasteiger partial charge in [0.1, 0.15) is 8.07 Å². The number of rotatable bonds is 4. The first-order valence-electron chi connectivity index (χ1n) is 6.06. The van der Waals surface area contributed by atoms with Crippen LogP contribution >= 0.6 is 0 Å². The third-order valence-corrected chi connectivity index (χ3v) is 9.59. The third kappa shape index (κ3) is 2.23. The second kappa shape index (κ2) is 5.91. The van der Waals surface area contributed by atoms with E-state index in [1.165, 1.54) is 24.9 Å². The molecule has 0 aromatic heterocycles. The molecule has 0 aromatic rings. The summed E-state index contributed by atoms with van der Waals surface area (Å²) < 4.78 is 0. The van der Waals surface area contributed by atoms with Gasteiger partial charge in [-0.05, 0) is 12.8 Å². The van der Waals surface area contributed by atoms with Crippen LogP contribution in [0.1, 0.15) is 26.7 Å². The van der Waals surface area contributed by atoms with Gasteiger partial charge < -0.3 is 0 Å². The zero-order valence-electron chi connectivity index (χ0n) is 9.79. The van der Waals surface area contributed by atoms with E-state index in [-0.39, 0.29) is 18.9 Å². The summed E-state index contributed by atoms with van der Waals surface area (Å²) in [7, 11) is -1.28. The summed E-state index contributed by atoms with van der Waals surface area (Å²) in [5.41, 5.74) is 0. The molecule has 0 unspecified atom stereocenters. The molecule has 0 saturated heterocycles. The molecule has 0 radical (unpaired) electrons. The third-order valence-electron chi connectivity index (χ3n) is 3.98. The Morgan fingerprint density at radius 2 is 1.38 bits per heavy atom. The summed E-state index contributed by atoms with van der Waals surface area (Å²) in [6.07, 6.45) is 16.3. The molecule has 16 heavy (non-hydrogen) atoms. The molecule has 0 saturated carbocycles. The van der Waals surface area contributed by atoms with E-state index < -0.39 is 8.07 Å². The number of hydrogen-bond donors (Lipinski definition) is 0. The molecular formula is C14H21LiSi. The fraction of sp³-hybridized carbons (Fsp3) is 0.429. The van der Waals surface area contributed by atoms with Crippen molar-refractivity contribution in [1.29, 1.82) is 0 Å². The summed E-state index contributed by atoms with van der Waals surface area (Å²) in [6.45, 7) is 4.77. The molecule has 82 valence electrons. The van der Waals surface area contributed by atoms with Crippen LogP contribution in [-0.2, 0) is 0 Å². The van der Waals surface area contributed by atoms with Crippen LogP contribution < -0.4 is 0 Å². The van der Waals surface area contributed by atoms with Gasteiger partial charge in [-0.2, -0.15) is 0 Å². The van der Waals surface area contributed by atoms with Gasteiger partial charge in [0.2, 0.25) is 0 Å². The molecule has 2 aliphatic carbocycles. The van der Waals surface area contributed by atoms with Gasteiger partial charge in [-0.3, -0.25) is 0 Å². The second-order valence-electron chi connectivity index (χ2n) is 4.44. The van der Waals surface area contributed by atoms with Crippen molar-refractivity contribution in [1.82, 2.24) is 0 Å². The van der Waals surface area contributed by atoms with E-state index in [2.05, 4.69) is 50.3 Å². The molecule has 2 rings (SSSR count). The van der Waals surface area contributed by atoms with E-state index in [0.717, 1.165) is 0 Å². The average Bonchev–Trinajstić information content (AvgIpc) is 2.92.